The van der Waals surface area contributed by atoms with Crippen LogP contribution in [0.15, 0.2) is 24.3 Å². The van der Waals surface area contributed by atoms with Gasteiger partial charge in [0.05, 0.1) is 6.42 Å². The van der Waals surface area contributed by atoms with Gasteiger partial charge >= 0.3 is 5.97 Å². The van der Waals surface area contributed by atoms with Crippen molar-refractivity contribution >= 4 is 5.97 Å². The van der Waals surface area contributed by atoms with Gasteiger partial charge in [0.2, 0.25) is 0 Å². The van der Waals surface area contributed by atoms with Crippen molar-refractivity contribution in [1.82, 2.24) is 0 Å². The Hall–Kier alpha value is -1.35. The highest BCUT2D eigenvalue weighted by atomic mass is 16.4. The molecule has 1 aromatic rings. The number of aliphatic carboxylic acids is 1. The summed E-state index contributed by atoms with van der Waals surface area (Å²) in [5, 5.41) is 9.14. The smallest absolute Gasteiger partial charge is 0.304 e. The van der Waals surface area contributed by atoms with Crippen molar-refractivity contribution in [2.45, 2.75) is 57.9 Å². The predicted molar refractivity (Wildman–Crippen MR) is 78.4 cm³/mol. The Morgan fingerprint density at radius 1 is 1.32 bits per heavy atom. The van der Waals surface area contributed by atoms with Gasteiger partial charge in [-0.15, -0.1) is 0 Å². The number of rotatable bonds is 6. The number of carbonyl (C=O) groups is 1. The minimum atomic E-state index is -0.806. The molecular weight excluding hydrogens is 238 g/mol. The van der Waals surface area contributed by atoms with Crippen LogP contribution in [0.5, 0.6) is 0 Å². The highest BCUT2D eigenvalue weighted by molar-refractivity contribution is 5.69. The van der Waals surface area contributed by atoms with E-state index >= 15 is 0 Å². The summed E-state index contributed by atoms with van der Waals surface area (Å²) < 4.78 is 0. The summed E-state index contributed by atoms with van der Waals surface area (Å²) in [6, 6.07) is 8.03. The first-order valence-corrected chi connectivity index (χ1v) is 6.89. The lowest BCUT2D eigenvalue weighted by Crippen LogP contribution is -2.44. The average Bonchev–Trinajstić information content (AvgIpc) is 2.36. The number of carboxylic acids is 1. The molecule has 3 N–H and O–H groups in total. The lowest BCUT2D eigenvalue weighted by molar-refractivity contribution is -0.138. The molecule has 0 amide bonds. The molecule has 0 aliphatic heterocycles. The number of hydrogen-bond acceptors (Lipinski definition) is 2. The van der Waals surface area contributed by atoms with Crippen LogP contribution in [0.1, 0.15) is 57.6 Å². The SMILES string of the molecule is CCC(N)C(C)(CC(=O)O)c1ccc(C(C)C)cc1. The van der Waals surface area contributed by atoms with E-state index in [1.165, 1.54) is 5.56 Å². The summed E-state index contributed by atoms with van der Waals surface area (Å²) in [6.45, 7) is 8.22. The van der Waals surface area contributed by atoms with Crippen molar-refractivity contribution in [2.24, 2.45) is 5.73 Å². The van der Waals surface area contributed by atoms with Gasteiger partial charge in [0.25, 0.3) is 0 Å². The Morgan fingerprint density at radius 2 is 1.84 bits per heavy atom. The fourth-order valence-electron chi connectivity index (χ4n) is 2.46. The van der Waals surface area contributed by atoms with E-state index in [1.807, 2.05) is 26.0 Å². The molecular formula is C16H25NO2. The quantitative estimate of drug-likeness (QED) is 0.828. The molecule has 0 saturated heterocycles. The Kier molecular flexibility index (Phi) is 5.12. The van der Waals surface area contributed by atoms with Crippen molar-refractivity contribution in [1.29, 1.82) is 0 Å². The summed E-state index contributed by atoms with van der Waals surface area (Å²) in [7, 11) is 0. The normalized spacial score (nSPS) is 16.1. The Morgan fingerprint density at radius 3 is 2.21 bits per heavy atom. The van der Waals surface area contributed by atoms with E-state index in [-0.39, 0.29) is 12.5 Å². The second-order valence-corrected chi connectivity index (χ2v) is 5.78. The van der Waals surface area contributed by atoms with Crippen LogP contribution >= 0.6 is 0 Å². The predicted octanol–water partition coefficient (Wildman–Crippen LogP) is 3.28. The fraction of sp³-hybridized carbons (Fsp3) is 0.562. The summed E-state index contributed by atoms with van der Waals surface area (Å²) in [5.74, 6) is -0.334. The van der Waals surface area contributed by atoms with Crippen LogP contribution in [0.25, 0.3) is 0 Å². The van der Waals surface area contributed by atoms with E-state index in [0.717, 1.165) is 12.0 Å². The summed E-state index contributed by atoms with van der Waals surface area (Å²) >= 11 is 0. The molecule has 3 nitrogen and oxygen atoms in total. The molecule has 2 unspecified atom stereocenters. The minimum absolute atomic E-state index is 0.0586. The molecule has 0 saturated carbocycles. The number of benzene rings is 1. The van der Waals surface area contributed by atoms with E-state index in [4.69, 9.17) is 10.8 Å². The molecule has 19 heavy (non-hydrogen) atoms. The van der Waals surface area contributed by atoms with Crippen LogP contribution in [0.2, 0.25) is 0 Å². The number of nitrogens with two attached hydrogens (primary N) is 1. The zero-order valence-corrected chi connectivity index (χ0v) is 12.3. The first-order valence-electron chi connectivity index (χ1n) is 6.89. The maximum atomic E-state index is 11.1. The second-order valence-electron chi connectivity index (χ2n) is 5.78. The van der Waals surface area contributed by atoms with Gasteiger partial charge in [0.1, 0.15) is 0 Å². The zero-order valence-electron chi connectivity index (χ0n) is 12.3. The number of carboxylic acid groups (broad SMARTS) is 1. The molecule has 0 bridgehead atoms. The van der Waals surface area contributed by atoms with E-state index in [9.17, 15) is 4.79 Å². The molecule has 0 aromatic heterocycles. The highest BCUT2D eigenvalue weighted by Gasteiger charge is 2.35. The van der Waals surface area contributed by atoms with Gasteiger partial charge in [0.15, 0.2) is 0 Å². The number of hydrogen-bond donors (Lipinski definition) is 2. The third kappa shape index (κ3) is 3.57. The van der Waals surface area contributed by atoms with Gasteiger partial charge in [0, 0.05) is 11.5 Å². The maximum Gasteiger partial charge on any atom is 0.304 e. The van der Waals surface area contributed by atoms with Gasteiger partial charge in [-0.05, 0) is 23.5 Å². The van der Waals surface area contributed by atoms with Crippen LogP contribution in [0.4, 0.5) is 0 Å². The maximum absolute atomic E-state index is 11.1. The lowest BCUT2D eigenvalue weighted by Gasteiger charge is -2.34. The van der Waals surface area contributed by atoms with Crippen LogP contribution in [-0.2, 0) is 10.2 Å². The summed E-state index contributed by atoms with van der Waals surface area (Å²) in [6.07, 6.45) is 0.818. The summed E-state index contributed by atoms with van der Waals surface area (Å²) in [5.41, 5.74) is 7.91. The van der Waals surface area contributed by atoms with Crippen LogP contribution in [-0.4, -0.2) is 17.1 Å². The molecule has 0 spiro atoms. The molecule has 1 rings (SSSR count). The summed E-state index contributed by atoms with van der Waals surface area (Å²) in [4.78, 5) is 11.1. The van der Waals surface area contributed by atoms with Crippen LogP contribution in [0.3, 0.4) is 0 Å². The highest BCUT2D eigenvalue weighted by Crippen LogP contribution is 2.33. The molecule has 1 aromatic carbocycles. The van der Waals surface area contributed by atoms with Crippen molar-refractivity contribution in [3.05, 3.63) is 35.4 Å². The van der Waals surface area contributed by atoms with Crippen molar-refractivity contribution in [3.8, 4) is 0 Å². The monoisotopic (exact) mass is 263 g/mol. The van der Waals surface area contributed by atoms with Gasteiger partial charge in [-0.25, -0.2) is 0 Å². The fourth-order valence-corrected chi connectivity index (χ4v) is 2.46. The molecule has 0 aliphatic rings. The first-order chi connectivity index (χ1) is 8.81. The molecule has 106 valence electrons. The molecule has 3 heteroatoms. The third-order valence-electron chi connectivity index (χ3n) is 4.01. The van der Waals surface area contributed by atoms with E-state index in [0.29, 0.717) is 5.92 Å². The Balaban J connectivity index is 3.14. The van der Waals surface area contributed by atoms with Crippen molar-refractivity contribution in [2.75, 3.05) is 0 Å². The lowest BCUT2D eigenvalue weighted by atomic mass is 9.72. The minimum Gasteiger partial charge on any atom is -0.481 e. The van der Waals surface area contributed by atoms with Crippen molar-refractivity contribution in [3.63, 3.8) is 0 Å². The first kappa shape index (κ1) is 15.7. The zero-order chi connectivity index (χ0) is 14.6. The van der Waals surface area contributed by atoms with E-state index < -0.39 is 11.4 Å². The van der Waals surface area contributed by atoms with Crippen molar-refractivity contribution < 1.29 is 9.90 Å². The molecule has 0 fully saturated rings. The van der Waals surface area contributed by atoms with E-state index in [2.05, 4.69) is 26.0 Å². The average molecular weight is 263 g/mol. The Labute approximate surface area is 115 Å². The topological polar surface area (TPSA) is 63.3 Å². The van der Waals surface area contributed by atoms with Gasteiger partial charge in [-0.1, -0.05) is 52.0 Å². The third-order valence-corrected chi connectivity index (χ3v) is 4.01. The molecule has 0 aliphatic carbocycles. The second kappa shape index (κ2) is 6.20. The van der Waals surface area contributed by atoms with Gasteiger partial charge < -0.3 is 10.8 Å². The van der Waals surface area contributed by atoms with Gasteiger partial charge in [-0.2, -0.15) is 0 Å². The Bertz CT molecular complexity index is 425. The standard InChI is InChI=1S/C16H25NO2/c1-5-14(17)16(4,10-15(18)19)13-8-6-12(7-9-13)11(2)3/h6-9,11,14H,5,10,17H2,1-4H3,(H,18,19). The van der Waals surface area contributed by atoms with E-state index in [1.54, 1.807) is 0 Å². The molecule has 2 atom stereocenters. The molecule has 0 heterocycles. The largest absolute Gasteiger partial charge is 0.481 e. The van der Waals surface area contributed by atoms with Crippen LogP contribution in [0, 0.1) is 0 Å². The van der Waals surface area contributed by atoms with Gasteiger partial charge in [-0.3, -0.25) is 4.79 Å². The molecule has 0 radical (unpaired) electrons. The van der Waals surface area contributed by atoms with Crippen LogP contribution < -0.4 is 5.73 Å².